The first-order chi connectivity index (χ1) is 17.0. The van der Waals surface area contributed by atoms with Crippen LogP contribution in [0.4, 0.5) is 0 Å². The average molecular weight is 462 g/mol. The number of benzene rings is 3. The first-order valence-electron chi connectivity index (χ1n) is 10.9. The maximum absolute atomic E-state index is 13.3. The molecule has 0 radical (unpaired) electrons. The second-order valence-corrected chi connectivity index (χ2v) is 8.11. The van der Waals surface area contributed by atoms with E-state index < -0.39 is 17.7 Å². The van der Waals surface area contributed by atoms with Crippen LogP contribution >= 0.6 is 0 Å². The Kier molecular flexibility index (Phi) is 4.60. The molecule has 8 heteroatoms. The third kappa shape index (κ3) is 3.23. The Morgan fingerprint density at radius 1 is 0.886 bits per heavy atom. The molecular formula is C27H18N4O4. The van der Waals surface area contributed by atoms with Crippen LogP contribution < -0.4 is 10.2 Å². The summed E-state index contributed by atoms with van der Waals surface area (Å²) in [6.45, 7) is 0. The van der Waals surface area contributed by atoms with E-state index in [-0.39, 0.29) is 16.8 Å². The number of H-pyrrole nitrogens is 1. The predicted molar refractivity (Wildman–Crippen MR) is 130 cm³/mol. The zero-order valence-electron chi connectivity index (χ0n) is 18.5. The molecule has 5 aromatic rings. The van der Waals surface area contributed by atoms with Crippen LogP contribution in [0.5, 0.6) is 5.75 Å². The summed E-state index contributed by atoms with van der Waals surface area (Å²) < 4.78 is 5.26. The summed E-state index contributed by atoms with van der Waals surface area (Å²) in [5, 5.41) is 2.46. The van der Waals surface area contributed by atoms with Crippen molar-refractivity contribution < 1.29 is 19.1 Å². The number of hydrogen-bond acceptors (Lipinski definition) is 5. The maximum Gasteiger partial charge on any atom is 0.288 e. The standard InChI is InChI=1S/C27H18N4O4/c1-35-16-12-10-15(11-13-16)23-24-20(17-6-4-5-9-21(17)28-24)14-22(29-23)25(32)30-31-26(33)18-7-2-3-8-19(18)27(31)34/h2-14,28H,1H3,(H,30,32). The molecule has 0 saturated heterocycles. The van der Waals surface area contributed by atoms with Gasteiger partial charge in [0.05, 0.1) is 29.4 Å². The van der Waals surface area contributed by atoms with Crippen molar-refractivity contribution in [1.82, 2.24) is 20.4 Å². The van der Waals surface area contributed by atoms with Crippen molar-refractivity contribution in [3.05, 3.63) is 95.7 Å². The molecule has 0 saturated carbocycles. The van der Waals surface area contributed by atoms with Crippen LogP contribution in [0.1, 0.15) is 31.2 Å². The van der Waals surface area contributed by atoms with Crippen LogP contribution in [-0.4, -0.2) is 39.8 Å². The lowest BCUT2D eigenvalue weighted by Gasteiger charge is -2.15. The second-order valence-electron chi connectivity index (χ2n) is 8.11. The molecule has 170 valence electrons. The Labute approximate surface area is 199 Å². The lowest BCUT2D eigenvalue weighted by molar-refractivity contribution is 0.0516. The number of aromatic amines is 1. The van der Waals surface area contributed by atoms with Crippen molar-refractivity contribution in [3.63, 3.8) is 0 Å². The van der Waals surface area contributed by atoms with Gasteiger partial charge in [0.25, 0.3) is 17.7 Å². The van der Waals surface area contributed by atoms with E-state index in [4.69, 9.17) is 4.74 Å². The van der Waals surface area contributed by atoms with Gasteiger partial charge < -0.3 is 9.72 Å². The quantitative estimate of drug-likeness (QED) is 0.387. The van der Waals surface area contributed by atoms with Gasteiger partial charge in [0.1, 0.15) is 11.4 Å². The summed E-state index contributed by atoms with van der Waals surface area (Å²) in [6, 6.07) is 23.2. The highest BCUT2D eigenvalue weighted by Gasteiger charge is 2.37. The SMILES string of the molecule is COc1ccc(-c2nc(C(=O)NN3C(=O)c4ccccc4C3=O)cc3c2[nH]c2ccccc23)cc1. The first-order valence-corrected chi connectivity index (χ1v) is 10.9. The van der Waals surface area contributed by atoms with Crippen LogP contribution in [0.3, 0.4) is 0 Å². The van der Waals surface area contributed by atoms with Gasteiger partial charge in [-0.25, -0.2) is 4.98 Å². The highest BCUT2D eigenvalue weighted by Crippen LogP contribution is 2.33. The van der Waals surface area contributed by atoms with E-state index in [2.05, 4.69) is 15.4 Å². The summed E-state index contributed by atoms with van der Waals surface area (Å²) in [4.78, 5) is 46.7. The van der Waals surface area contributed by atoms with Gasteiger partial charge in [-0.1, -0.05) is 30.3 Å². The highest BCUT2D eigenvalue weighted by atomic mass is 16.5. The number of nitrogens with one attached hydrogen (secondary N) is 2. The van der Waals surface area contributed by atoms with Gasteiger partial charge in [-0.2, -0.15) is 5.01 Å². The van der Waals surface area contributed by atoms with Gasteiger partial charge in [-0.3, -0.25) is 19.8 Å². The van der Waals surface area contributed by atoms with Crippen molar-refractivity contribution in [2.75, 3.05) is 7.11 Å². The molecule has 0 bridgehead atoms. The Hall–Kier alpha value is -4.98. The molecule has 2 aromatic heterocycles. The zero-order chi connectivity index (χ0) is 24.1. The second kappa shape index (κ2) is 7.81. The smallest absolute Gasteiger partial charge is 0.288 e. The van der Waals surface area contributed by atoms with E-state index in [1.807, 2.05) is 48.5 Å². The van der Waals surface area contributed by atoms with Crippen LogP contribution in [0, 0.1) is 0 Å². The summed E-state index contributed by atoms with van der Waals surface area (Å²) >= 11 is 0. The van der Waals surface area contributed by atoms with E-state index in [1.54, 1.807) is 37.4 Å². The number of hydrazine groups is 1. The van der Waals surface area contributed by atoms with Crippen LogP contribution in [0.15, 0.2) is 78.9 Å². The van der Waals surface area contributed by atoms with Gasteiger partial charge in [-0.15, -0.1) is 0 Å². The van der Waals surface area contributed by atoms with Crippen molar-refractivity contribution >= 4 is 39.5 Å². The molecule has 3 amide bonds. The monoisotopic (exact) mass is 462 g/mol. The van der Waals surface area contributed by atoms with E-state index >= 15 is 0 Å². The Balaban J connectivity index is 1.45. The number of fused-ring (bicyclic) bond motifs is 4. The molecule has 1 aliphatic rings. The van der Waals surface area contributed by atoms with Crippen molar-refractivity contribution in [2.45, 2.75) is 0 Å². The van der Waals surface area contributed by atoms with Crippen LogP contribution in [0.2, 0.25) is 0 Å². The number of carbonyl (C=O) groups excluding carboxylic acids is 3. The number of nitrogens with zero attached hydrogens (tertiary/aromatic N) is 2. The predicted octanol–water partition coefficient (Wildman–Crippen LogP) is 4.33. The van der Waals surface area contributed by atoms with Gasteiger partial charge in [0.2, 0.25) is 0 Å². The molecule has 0 atom stereocenters. The minimum absolute atomic E-state index is 0.0737. The molecule has 0 spiro atoms. The Morgan fingerprint density at radius 3 is 2.23 bits per heavy atom. The number of hydrogen-bond donors (Lipinski definition) is 2. The van der Waals surface area contributed by atoms with Crippen LogP contribution in [-0.2, 0) is 0 Å². The molecule has 0 fully saturated rings. The van der Waals surface area contributed by atoms with Crippen molar-refractivity contribution in [3.8, 4) is 17.0 Å². The average Bonchev–Trinajstić information content (AvgIpc) is 3.39. The molecular weight excluding hydrogens is 444 g/mol. The number of imide groups is 1. The maximum atomic E-state index is 13.3. The van der Waals surface area contributed by atoms with Crippen molar-refractivity contribution in [2.24, 2.45) is 0 Å². The number of carbonyl (C=O) groups is 3. The number of rotatable bonds is 4. The topological polar surface area (TPSA) is 104 Å². The van der Waals surface area contributed by atoms with E-state index in [1.165, 1.54) is 0 Å². The van der Waals surface area contributed by atoms with E-state index in [0.29, 0.717) is 11.4 Å². The molecule has 3 heterocycles. The van der Waals surface area contributed by atoms with Gasteiger partial charge in [0, 0.05) is 21.9 Å². The van der Waals surface area contributed by atoms with Crippen molar-refractivity contribution in [1.29, 1.82) is 0 Å². The van der Waals surface area contributed by atoms with Gasteiger partial charge in [-0.05, 0) is 48.5 Å². The molecule has 1 aliphatic heterocycles. The number of aromatic nitrogens is 2. The van der Waals surface area contributed by atoms with Crippen LogP contribution in [0.25, 0.3) is 33.1 Å². The normalized spacial score (nSPS) is 12.9. The van der Waals surface area contributed by atoms with E-state index in [9.17, 15) is 14.4 Å². The number of ether oxygens (including phenoxy) is 1. The van der Waals surface area contributed by atoms with Gasteiger partial charge >= 0.3 is 0 Å². The fourth-order valence-electron chi connectivity index (χ4n) is 4.37. The lowest BCUT2D eigenvalue weighted by Crippen LogP contribution is -2.46. The highest BCUT2D eigenvalue weighted by molar-refractivity contribution is 6.22. The summed E-state index contributed by atoms with van der Waals surface area (Å²) in [5.41, 5.74) is 6.03. The molecule has 0 aliphatic carbocycles. The largest absolute Gasteiger partial charge is 0.497 e. The molecule has 6 rings (SSSR count). The molecule has 8 nitrogen and oxygen atoms in total. The van der Waals surface area contributed by atoms with E-state index in [0.717, 1.165) is 32.4 Å². The Bertz CT molecular complexity index is 1640. The first kappa shape index (κ1) is 20.6. The Morgan fingerprint density at radius 2 is 1.54 bits per heavy atom. The summed E-state index contributed by atoms with van der Waals surface area (Å²) in [7, 11) is 1.59. The fourth-order valence-corrected chi connectivity index (χ4v) is 4.37. The molecule has 3 aromatic carbocycles. The fraction of sp³-hybridized carbons (Fsp3) is 0.0370. The van der Waals surface area contributed by atoms with Gasteiger partial charge in [0.15, 0.2) is 0 Å². The zero-order valence-corrected chi connectivity index (χ0v) is 18.5. The minimum atomic E-state index is -0.665. The number of pyridine rings is 1. The molecule has 0 unspecified atom stereocenters. The summed E-state index contributed by atoms with van der Waals surface area (Å²) in [6.07, 6.45) is 0. The third-order valence-corrected chi connectivity index (χ3v) is 6.10. The third-order valence-electron chi connectivity index (χ3n) is 6.10. The molecule has 35 heavy (non-hydrogen) atoms. The lowest BCUT2D eigenvalue weighted by atomic mass is 10.1. The summed E-state index contributed by atoms with van der Waals surface area (Å²) in [5.74, 6) is -1.13. The minimum Gasteiger partial charge on any atom is -0.497 e. The number of amides is 3. The number of para-hydroxylation sites is 1. The number of methoxy groups -OCH3 is 1. The molecule has 2 N–H and O–H groups in total.